The summed E-state index contributed by atoms with van der Waals surface area (Å²) in [5, 5.41) is 6.14. The number of hydrogen-bond acceptors (Lipinski definition) is 4. The number of benzene rings is 1. The zero-order valence-electron chi connectivity index (χ0n) is 9.99. The fourth-order valence-electron chi connectivity index (χ4n) is 1.48. The molecule has 0 saturated carbocycles. The van der Waals surface area contributed by atoms with Gasteiger partial charge in [-0.05, 0) is 18.2 Å². The van der Waals surface area contributed by atoms with E-state index in [0.717, 1.165) is 0 Å². The first-order valence-electron chi connectivity index (χ1n) is 5.18. The first-order chi connectivity index (χ1) is 8.55. The third-order valence-corrected chi connectivity index (χ3v) is 4.25. The number of aromatic nitrogens is 2. The standard InChI is InChI=1S/C11H13N3O3S/c1-14(9-4-3-5-10(8-9)17-2)18(15,16)11-6-7-12-13-11/h3-8H,1-2H3,(H,12,13). The van der Waals surface area contributed by atoms with Crippen LogP contribution in [0.5, 0.6) is 5.75 Å². The largest absolute Gasteiger partial charge is 0.497 e. The number of sulfonamides is 1. The van der Waals surface area contributed by atoms with Gasteiger partial charge in [0.15, 0.2) is 5.03 Å². The normalized spacial score (nSPS) is 11.2. The van der Waals surface area contributed by atoms with Crippen LogP contribution in [0.15, 0.2) is 41.6 Å². The van der Waals surface area contributed by atoms with Gasteiger partial charge in [-0.3, -0.25) is 9.40 Å². The summed E-state index contributed by atoms with van der Waals surface area (Å²) in [4.78, 5) is 0. The summed E-state index contributed by atoms with van der Waals surface area (Å²) in [6.07, 6.45) is 1.40. The summed E-state index contributed by atoms with van der Waals surface area (Å²) in [6.45, 7) is 0. The summed E-state index contributed by atoms with van der Waals surface area (Å²) >= 11 is 0. The highest BCUT2D eigenvalue weighted by molar-refractivity contribution is 7.92. The van der Waals surface area contributed by atoms with Crippen LogP contribution in [-0.4, -0.2) is 32.8 Å². The molecule has 0 bridgehead atoms. The number of anilines is 1. The Morgan fingerprint density at radius 1 is 1.33 bits per heavy atom. The number of methoxy groups -OCH3 is 1. The van der Waals surface area contributed by atoms with Crippen molar-refractivity contribution in [3.05, 3.63) is 36.5 Å². The lowest BCUT2D eigenvalue weighted by molar-refractivity contribution is 0.415. The smallest absolute Gasteiger partial charge is 0.281 e. The minimum Gasteiger partial charge on any atom is -0.497 e. The molecule has 1 aromatic carbocycles. The van der Waals surface area contributed by atoms with Gasteiger partial charge >= 0.3 is 0 Å². The second-order valence-corrected chi connectivity index (χ2v) is 5.53. The van der Waals surface area contributed by atoms with E-state index in [1.165, 1.54) is 30.7 Å². The number of nitrogens with zero attached hydrogens (tertiary/aromatic N) is 2. The lowest BCUT2D eigenvalue weighted by atomic mass is 10.3. The lowest BCUT2D eigenvalue weighted by Gasteiger charge is -2.18. The first kappa shape index (κ1) is 12.4. The molecule has 1 N–H and O–H groups in total. The van der Waals surface area contributed by atoms with Gasteiger partial charge in [-0.2, -0.15) is 13.5 Å². The molecule has 0 spiro atoms. The topological polar surface area (TPSA) is 75.3 Å². The summed E-state index contributed by atoms with van der Waals surface area (Å²) in [6, 6.07) is 8.23. The molecule has 1 heterocycles. The fourth-order valence-corrected chi connectivity index (χ4v) is 2.57. The zero-order valence-corrected chi connectivity index (χ0v) is 10.8. The van der Waals surface area contributed by atoms with Crippen molar-refractivity contribution < 1.29 is 13.2 Å². The van der Waals surface area contributed by atoms with Gasteiger partial charge in [0.05, 0.1) is 19.0 Å². The van der Waals surface area contributed by atoms with Gasteiger partial charge in [-0.25, -0.2) is 0 Å². The molecular formula is C11H13N3O3S. The van der Waals surface area contributed by atoms with Crippen molar-refractivity contribution in [2.24, 2.45) is 0 Å². The highest BCUT2D eigenvalue weighted by atomic mass is 32.2. The summed E-state index contributed by atoms with van der Waals surface area (Å²) in [5.74, 6) is 0.596. The van der Waals surface area contributed by atoms with Gasteiger partial charge in [0.2, 0.25) is 0 Å². The van der Waals surface area contributed by atoms with Crippen molar-refractivity contribution in [2.75, 3.05) is 18.5 Å². The van der Waals surface area contributed by atoms with E-state index in [1.54, 1.807) is 24.3 Å². The highest BCUT2D eigenvalue weighted by Gasteiger charge is 2.22. The fraction of sp³-hybridized carbons (Fsp3) is 0.182. The van der Waals surface area contributed by atoms with Crippen molar-refractivity contribution in [2.45, 2.75) is 5.03 Å². The Hall–Kier alpha value is -2.02. The van der Waals surface area contributed by atoms with E-state index in [0.29, 0.717) is 11.4 Å². The Bertz CT molecular complexity index is 623. The van der Waals surface area contributed by atoms with Crippen LogP contribution in [0, 0.1) is 0 Å². The molecule has 2 rings (SSSR count). The summed E-state index contributed by atoms with van der Waals surface area (Å²) in [5.41, 5.74) is 0.518. The Morgan fingerprint density at radius 2 is 2.11 bits per heavy atom. The molecule has 0 aliphatic carbocycles. The predicted molar refractivity (Wildman–Crippen MR) is 67.2 cm³/mol. The van der Waals surface area contributed by atoms with Crippen LogP contribution in [0.1, 0.15) is 0 Å². The number of hydrogen-bond donors (Lipinski definition) is 1. The maximum atomic E-state index is 12.2. The van der Waals surface area contributed by atoms with Gasteiger partial charge in [-0.1, -0.05) is 6.07 Å². The average molecular weight is 267 g/mol. The maximum Gasteiger partial charge on any atom is 0.281 e. The van der Waals surface area contributed by atoms with Crippen molar-refractivity contribution in [1.82, 2.24) is 10.2 Å². The van der Waals surface area contributed by atoms with Crippen LogP contribution in [0.2, 0.25) is 0 Å². The number of rotatable bonds is 4. The number of H-pyrrole nitrogens is 1. The third-order valence-electron chi connectivity index (χ3n) is 2.53. The van der Waals surface area contributed by atoms with E-state index in [9.17, 15) is 8.42 Å². The molecule has 96 valence electrons. The van der Waals surface area contributed by atoms with Crippen molar-refractivity contribution in [3.8, 4) is 5.75 Å². The van der Waals surface area contributed by atoms with E-state index in [-0.39, 0.29) is 5.03 Å². The molecule has 0 amide bonds. The monoisotopic (exact) mass is 267 g/mol. The number of aromatic amines is 1. The van der Waals surface area contributed by atoms with Gasteiger partial charge in [0.1, 0.15) is 5.75 Å². The minimum absolute atomic E-state index is 0.0489. The zero-order chi connectivity index (χ0) is 13.2. The Kier molecular flexibility index (Phi) is 3.24. The predicted octanol–water partition coefficient (Wildman–Crippen LogP) is 1.24. The van der Waals surface area contributed by atoms with E-state index in [2.05, 4.69) is 10.2 Å². The summed E-state index contributed by atoms with van der Waals surface area (Å²) in [7, 11) is -0.607. The SMILES string of the molecule is COc1cccc(N(C)S(=O)(=O)c2ccn[nH]2)c1. The third kappa shape index (κ3) is 2.17. The highest BCUT2D eigenvalue weighted by Crippen LogP contribution is 2.24. The molecule has 0 fully saturated rings. The Morgan fingerprint density at radius 3 is 2.72 bits per heavy atom. The van der Waals surface area contributed by atoms with Crippen molar-refractivity contribution in [3.63, 3.8) is 0 Å². The molecule has 1 aromatic heterocycles. The molecule has 18 heavy (non-hydrogen) atoms. The Labute approximate surface area is 105 Å². The number of ether oxygens (including phenoxy) is 1. The van der Waals surface area contributed by atoms with E-state index in [4.69, 9.17) is 4.74 Å². The average Bonchev–Trinajstić information content (AvgIpc) is 2.92. The van der Waals surface area contributed by atoms with Crippen molar-refractivity contribution >= 4 is 15.7 Å². The Balaban J connectivity index is 2.39. The van der Waals surface area contributed by atoms with E-state index >= 15 is 0 Å². The van der Waals surface area contributed by atoms with Crippen molar-refractivity contribution in [1.29, 1.82) is 0 Å². The van der Waals surface area contributed by atoms with Gasteiger partial charge in [0, 0.05) is 13.1 Å². The maximum absolute atomic E-state index is 12.2. The molecule has 2 aromatic rings. The second kappa shape index (κ2) is 4.69. The molecule has 0 unspecified atom stereocenters. The van der Waals surface area contributed by atoms with Crippen LogP contribution < -0.4 is 9.04 Å². The van der Waals surface area contributed by atoms with Crippen LogP contribution in [0.4, 0.5) is 5.69 Å². The van der Waals surface area contributed by atoms with Crippen LogP contribution >= 0.6 is 0 Å². The second-order valence-electron chi connectivity index (χ2n) is 3.59. The quantitative estimate of drug-likeness (QED) is 0.904. The van der Waals surface area contributed by atoms with Gasteiger partial charge in [0.25, 0.3) is 10.0 Å². The van der Waals surface area contributed by atoms with Gasteiger partial charge < -0.3 is 4.74 Å². The first-order valence-corrected chi connectivity index (χ1v) is 6.62. The summed E-state index contributed by atoms with van der Waals surface area (Å²) < 4.78 is 30.7. The van der Waals surface area contributed by atoms with Crippen LogP contribution in [-0.2, 0) is 10.0 Å². The van der Waals surface area contributed by atoms with E-state index in [1.807, 2.05) is 0 Å². The van der Waals surface area contributed by atoms with Crippen LogP contribution in [0.25, 0.3) is 0 Å². The molecule has 0 saturated heterocycles. The molecular weight excluding hydrogens is 254 g/mol. The molecule has 0 radical (unpaired) electrons. The minimum atomic E-state index is -3.61. The molecule has 7 heteroatoms. The lowest BCUT2D eigenvalue weighted by Crippen LogP contribution is -2.26. The molecule has 0 aliphatic heterocycles. The molecule has 6 nitrogen and oxygen atoms in total. The number of nitrogens with one attached hydrogen (secondary N) is 1. The molecule has 0 atom stereocenters. The van der Waals surface area contributed by atoms with Gasteiger partial charge in [-0.15, -0.1) is 0 Å². The van der Waals surface area contributed by atoms with Crippen LogP contribution in [0.3, 0.4) is 0 Å². The molecule has 0 aliphatic rings. The van der Waals surface area contributed by atoms with E-state index < -0.39 is 10.0 Å².